The first kappa shape index (κ1) is 7.66. The second-order valence-electron chi connectivity index (χ2n) is 2.55. The third kappa shape index (κ3) is 1.12. The summed E-state index contributed by atoms with van der Waals surface area (Å²) in [5.41, 5.74) is 1.49. The molecule has 6 heteroatoms. The van der Waals surface area contributed by atoms with Crippen LogP contribution in [0.25, 0.3) is 5.52 Å². The number of carboxylic acid groups (broad SMARTS) is 1. The van der Waals surface area contributed by atoms with Crippen LogP contribution in [0.3, 0.4) is 0 Å². The Morgan fingerprint density at radius 2 is 2.31 bits per heavy atom. The number of aromatic carboxylic acids is 1. The summed E-state index contributed by atoms with van der Waals surface area (Å²) in [5.74, 6) is -1.38. The van der Waals surface area contributed by atoms with Crippen molar-refractivity contribution in [2.24, 2.45) is 0 Å². The van der Waals surface area contributed by atoms with Gasteiger partial charge in [0.1, 0.15) is 11.8 Å². The monoisotopic (exact) mass is 178 g/mol. The average Bonchev–Trinajstić information content (AvgIpc) is 2.47. The van der Waals surface area contributed by atoms with Gasteiger partial charge in [0.15, 0.2) is 0 Å². The van der Waals surface area contributed by atoms with Gasteiger partial charge in [-0.15, -0.1) is 5.10 Å². The third-order valence-corrected chi connectivity index (χ3v) is 1.68. The Kier molecular flexibility index (Phi) is 1.48. The second-order valence-corrected chi connectivity index (χ2v) is 2.55. The minimum Gasteiger partial charge on any atom is -0.475 e. The van der Waals surface area contributed by atoms with Gasteiger partial charge in [-0.05, 0) is 6.92 Å². The van der Waals surface area contributed by atoms with E-state index in [2.05, 4.69) is 15.1 Å². The Balaban J connectivity index is 2.70. The Hall–Kier alpha value is -1.98. The predicted molar refractivity (Wildman–Crippen MR) is 42.5 cm³/mol. The quantitative estimate of drug-likeness (QED) is 0.671. The van der Waals surface area contributed by atoms with Crippen LogP contribution in [0.5, 0.6) is 0 Å². The number of imidazole rings is 1. The second kappa shape index (κ2) is 2.51. The summed E-state index contributed by atoms with van der Waals surface area (Å²) in [6.45, 7) is 1.80. The van der Waals surface area contributed by atoms with Gasteiger partial charge in [0.2, 0.25) is 0 Å². The van der Waals surface area contributed by atoms with Crippen molar-refractivity contribution in [3.8, 4) is 0 Å². The summed E-state index contributed by atoms with van der Waals surface area (Å²) in [6, 6.07) is 0. The number of hydrogen-bond acceptors (Lipinski definition) is 4. The van der Waals surface area contributed by atoms with Crippen LogP contribution in [0.2, 0.25) is 0 Å². The van der Waals surface area contributed by atoms with Crippen molar-refractivity contribution in [3.63, 3.8) is 0 Å². The Morgan fingerprint density at radius 1 is 1.54 bits per heavy atom. The Morgan fingerprint density at radius 3 is 3.00 bits per heavy atom. The van der Waals surface area contributed by atoms with E-state index in [1.807, 2.05) is 0 Å². The van der Waals surface area contributed by atoms with E-state index < -0.39 is 5.97 Å². The SMILES string of the molecule is Cc1ncn2nc(C(=O)O)ncc12. The van der Waals surface area contributed by atoms with Crippen molar-refractivity contribution < 1.29 is 9.90 Å². The lowest BCUT2D eigenvalue weighted by Crippen LogP contribution is -2.07. The molecule has 66 valence electrons. The van der Waals surface area contributed by atoms with E-state index in [4.69, 9.17) is 5.11 Å². The molecule has 0 saturated carbocycles. The van der Waals surface area contributed by atoms with Gasteiger partial charge in [0.25, 0.3) is 5.82 Å². The zero-order chi connectivity index (χ0) is 9.42. The molecule has 0 saturated heterocycles. The minimum absolute atomic E-state index is 0.232. The van der Waals surface area contributed by atoms with Gasteiger partial charge in [-0.3, -0.25) is 0 Å². The van der Waals surface area contributed by atoms with E-state index in [9.17, 15) is 4.79 Å². The van der Waals surface area contributed by atoms with Crippen LogP contribution < -0.4 is 0 Å². The summed E-state index contributed by atoms with van der Waals surface area (Å²) in [5, 5.41) is 12.3. The zero-order valence-corrected chi connectivity index (χ0v) is 6.80. The molecule has 0 aliphatic carbocycles. The molecule has 1 N–H and O–H groups in total. The molecular weight excluding hydrogens is 172 g/mol. The van der Waals surface area contributed by atoms with Crippen molar-refractivity contribution in [1.82, 2.24) is 19.6 Å². The molecule has 6 nitrogen and oxygen atoms in total. The first-order valence-corrected chi connectivity index (χ1v) is 3.59. The first-order valence-electron chi connectivity index (χ1n) is 3.59. The van der Waals surface area contributed by atoms with Crippen LogP contribution in [0.1, 0.15) is 16.3 Å². The highest BCUT2D eigenvalue weighted by atomic mass is 16.4. The van der Waals surface area contributed by atoms with Crippen molar-refractivity contribution >= 4 is 11.5 Å². The molecule has 0 amide bonds. The van der Waals surface area contributed by atoms with Gasteiger partial charge in [-0.1, -0.05) is 0 Å². The zero-order valence-electron chi connectivity index (χ0n) is 6.80. The van der Waals surface area contributed by atoms with E-state index in [-0.39, 0.29) is 5.82 Å². The minimum atomic E-state index is -1.15. The van der Waals surface area contributed by atoms with E-state index in [0.717, 1.165) is 5.69 Å². The molecule has 2 aromatic heterocycles. The highest BCUT2D eigenvalue weighted by Crippen LogP contribution is 2.04. The Bertz CT molecular complexity index is 476. The summed E-state index contributed by atoms with van der Waals surface area (Å²) in [4.78, 5) is 18.1. The number of rotatable bonds is 1. The van der Waals surface area contributed by atoms with E-state index >= 15 is 0 Å². The van der Waals surface area contributed by atoms with Crippen LogP contribution in [-0.2, 0) is 0 Å². The largest absolute Gasteiger partial charge is 0.475 e. The van der Waals surface area contributed by atoms with Crippen LogP contribution in [0, 0.1) is 6.92 Å². The summed E-state index contributed by atoms with van der Waals surface area (Å²) in [6.07, 6.45) is 2.90. The lowest BCUT2D eigenvalue weighted by molar-refractivity contribution is 0.0681. The molecule has 0 aromatic carbocycles. The molecule has 0 unspecified atom stereocenters. The van der Waals surface area contributed by atoms with E-state index in [0.29, 0.717) is 5.52 Å². The maximum Gasteiger partial charge on any atom is 0.375 e. The lowest BCUT2D eigenvalue weighted by Gasteiger charge is -1.94. The van der Waals surface area contributed by atoms with Gasteiger partial charge in [-0.2, -0.15) is 0 Å². The average molecular weight is 178 g/mol. The van der Waals surface area contributed by atoms with E-state index in [1.165, 1.54) is 17.0 Å². The number of carboxylic acids is 1. The topological polar surface area (TPSA) is 80.4 Å². The molecule has 0 fully saturated rings. The van der Waals surface area contributed by atoms with Crippen molar-refractivity contribution in [3.05, 3.63) is 24.0 Å². The van der Waals surface area contributed by atoms with Gasteiger partial charge in [0.05, 0.1) is 11.9 Å². The Labute approximate surface area is 72.9 Å². The number of fused-ring (bicyclic) bond motifs is 1. The van der Waals surface area contributed by atoms with Gasteiger partial charge >= 0.3 is 5.97 Å². The van der Waals surface area contributed by atoms with Gasteiger partial charge < -0.3 is 5.11 Å². The summed E-state index contributed by atoms with van der Waals surface area (Å²) in [7, 11) is 0. The maximum absolute atomic E-state index is 10.5. The lowest BCUT2D eigenvalue weighted by atomic mass is 10.4. The molecule has 0 radical (unpaired) electrons. The molecule has 0 bridgehead atoms. The molecule has 2 heterocycles. The number of hydrogen-bond donors (Lipinski definition) is 1. The molecule has 13 heavy (non-hydrogen) atoms. The van der Waals surface area contributed by atoms with Gasteiger partial charge in [0, 0.05) is 0 Å². The van der Waals surface area contributed by atoms with Crippen molar-refractivity contribution in [2.45, 2.75) is 6.92 Å². The first-order chi connectivity index (χ1) is 6.18. The van der Waals surface area contributed by atoms with Crippen LogP contribution in [0.4, 0.5) is 0 Å². The highest BCUT2D eigenvalue weighted by molar-refractivity contribution is 5.83. The molecule has 0 aliphatic heterocycles. The molecule has 2 aromatic rings. The van der Waals surface area contributed by atoms with Crippen LogP contribution in [-0.4, -0.2) is 30.7 Å². The number of aryl methyl sites for hydroxylation is 1. The molecule has 0 spiro atoms. The fraction of sp³-hybridized carbons (Fsp3) is 0.143. The fourth-order valence-corrected chi connectivity index (χ4v) is 1.02. The van der Waals surface area contributed by atoms with Gasteiger partial charge in [-0.25, -0.2) is 19.3 Å². The molecular formula is C7H6N4O2. The van der Waals surface area contributed by atoms with Crippen molar-refractivity contribution in [1.29, 1.82) is 0 Å². The predicted octanol–water partition coefficient (Wildman–Crippen LogP) is 0.131. The standard InChI is InChI=1S/C7H6N4O2/c1-4-5-2-8-6(7(12)13)10-11(5)3-9-4/h2-3H,1H3,(H,12,13). The maximum atomic E-state index is 10.5. The summed E-state index contributed by atoms with van der Waals surface area (Å²) < 4.78 is 1.39. The number of nitrogens with zero attached hydrogens (tertiary/aromatic N) is 4. The third-order valence-electron chi connectivity index (χ3n) is 1.68. The highest BCUT2D eigenvalue weighted by Gasteiger charge is 2.08. The number of aromatic nitrogens is 4. The van der Waals surface area contributed by atoms with Crippen LogP contribution in [0.15, 0.2) is 12.5 Å². The summed E-state index contributed by atoms with van der Waals surface area (Å²) >= 11 is 0. The normalized spacial score (nSPS) is 10.5. The van der Waals surface area contributed by atoms with Crippen LogP contribution >= 0.6 is 0 Å². The molecule has 2 rings (SSSR count). The fourth-order valence-electron chi connectivity index (χ4n) is 1.02. The molecule has 0 atom stereocenters. The smallest absolute Gasteiger partial charge is 0.375 e. The van der Waals surface area contributed by atoms with Crippen molar-refractivity contribution in [2.75, 3.05) is 0 Å². The molecule has 0 aliphatic rings. The number of carbonyl (C=O) groups is 1. The van der Waals surface area contributed by atoms with E-state index in [1.54, 1.807) is 6.92 Å².